The van der Waals surface area contributed by atoms with Crippen LogP contribution < -0.4 is 0 Å². The number of thioether (sulfide) groups is 1. The van der Waals surface area contributed by atoms with Crippen molar-refractivity contribution in [2.45, 2.75) is 18.9 Å². The van der Waals surface area contributed by atoms with Gasteiger partial charge in [0.15, 0.2) is 0 Å². The first-order valence-electron chi connectivity index (χ1n) is 11.0. The molecule has 2 heterocycles. The fourth-order valence-corrected chi connectivity index (χ4v) is 4.79. The molecule has 0 saturated carbocycles. The Morgan fingerprint density at radius 1 is 0.946 bits per heavy atom. The minimum absolute atomic E-state index is 0.130. The predicted octanol–water partition coefficient (Wildman–Crippen LogP) is 6.33. The van der Waals surface area contributed by atoms with E-state index < -0.39 is 29.4 Å². The molecule has 12 heteroatoms. The minimum Gasteiger partial charge on any atom is -0.343 e. The maximum atomic E-state index is 13.5. The zero-order valence-corrected chi connectivity index (χ0v) is 20.5. The number of carbonyl (C=O) groups is 2. The minimum atomic E-state index is -4.96. The quantitative estimate of drug-likeness (QED) is 0.271. The van der Waals surface area contributed by atoms with Crippen molar-refractivity contribution in [3.05, 3.63) is 75.8 Å². The molecule has 0 radical (unpaired) electrons. The number of aromatic nitrogens is 1. The Balaban J connectivity index is 1.60. The number of hydrogen-bond acceptors (Lipinski definition) is 4. The van der Waals surface area contributed by atoms with Gasteiger partial charge >= 0.3 is 12.4 Å². The number of hydrogen-bond donors (Lipinski definition) is 0. The van der Waals surface area contributed by atoms with Crippen molar-refractivity contribution in [3.63, 3.8) is 0 Å². The first-order valence-corrected chi connectivity index (χ1v) is 11.8. The highest BCUT2D eigenvalue weighted by Gasteiger charge is 2.38. The van der Waals surface area contributed by atoms with E-state index in [1.54, 1.807) is 36.5 Å². The number of fused-ring (bicyclic) bond motifs is 1. The van der Waals surface area contributed by atoms with Crippen molar-refractivity contribution in [3.8, 4) is 0 Å². The maximum absolute atomic E-state index is 13.5. The molecule has 2 aromatic carbocycles. The average molecular weight is 542 g/mol. The highest BCUT2D eigenvalue weighted by molar-refractivity contribution is 8.18. The summed E-state index contributed by atoms with van der Waals surface area (Å²) < 4.78 is 81.0. The highest BCUT2D eigenvalue weighted by Crippen LogP contribution is 2.38. The van der Waals surface area contributed by atoms with Crippen LogP contribution >= 0.6 is 11.8 Å². The molecule has 0 bridgehead atoms. The van der Waals surface area contributed by atoms with Gasteiger partial charge in [0.1, 0.15) is 0 Å². The van der Waals surface area contributed by atoms with Gasteiger partial charge in [0.2, 0.25) is 0 Å². The van der Waals surface area contributed by atoms with Crippen molar-refractivity contribution < 1.29 is 35.9 Å². The van der Waals surface area contributed by atoms with Crippen molar-refractivity contribution in [2.24, 2.45) is 0 Å². The molecule has 37 heavy (non-hydrogen) atoms. The van der Waals surface area contributed by atoms with Gasteiger partial charge in [0.05, 0.1) is 16.0 Å². The number of imide groups is 1. The van der Waals surface area contributed by atoms with Crippen LogP contribution in [0.3, 0.4) is 0 Å². The monoisotopic (exact) mass is 541 g/mol. The third kappa shape index (κ3) is 5.85. The first kappa shape index (κ1) is 26.8. The van der Waals surface area contributed by atoms with E-state index in [1.165, 1.54) is 9.47 Å². The van der Waals surface area contributed by atoms with Gasteiger partial charge in [0, 0.05) is 36.7 Å². The largest absolute Gasteiger partial charge is 0.416 e. The summed E-state index contributed by atoms with van der Waals surface area (Å²) >= 11 is 0.836. The summed E-state index contributed by atoms with van der Waals surface area (Å²) in [7, 11) is 3.66. The zero-order valence-electron chi connectivity index (χ0n) is 19.7. The van der Waals surface area contributed by atoms with Crippen LogP contribution in [-0.2, 0) is 23.7 Å². The highest BCUT2D eigenvalue weighted by atomic mass is 32.2. The second-order valence-electron chi connectivity index (χ2n) is 8.77. The standard InChI is InChI=1S/C25H21F6N3O2S/c1-32(2)9-10-34-22(35)21(37-23(34)36)12-15-3-6-20-16(11-15)7-8-33(20)14-17-4-5-18(24(26,27)28)13-19(17)25(29,30)31/h3-8,11-13H,9-10,14H2,1-2H3. The summed E-state index contributed by atoms with van der Waals surface area (Å²) in [6, 6.07) is 8.30. The molecule has 2 amide bonds. The van der Waals surface area contributed by atoms with Gasteiger partial charge in [-0.1, -0.05) is 12.1 Å². The number of halogens is 6. The molecular formula is C25H21F6N3O2S. The average Bonchev–Trinajstić information content (AvgIpc) is 3.30. The first-order chi connectivity index (χ1) is 17.2. The second-order valence-corrected chi connectivity index (χ2v) is 9.76. The van der Waals surface area contributed by atoms with Crippen LogP contribution in [0.1, 0.15) is 22.3 Å². The van der Waals surface area contributed by atoms with Crippen molar-refractivity contribution >= 4 is 39.9 Å². The number of carbonyl (C=O) groups excluding carboxylic acids is 2. The molecule has 1 aromatic heterocycles. The SMILES string of the molecule is CN(C)CCN1C(=O)SC(=Cc2ccc3c(ccn3Cc3ccc(C(F)(F)F)cc3C(F)(F)F)c2)C1=O. The second kappa shape index (κ2) is 9.90. The molecule has 1 fully saturated rings. The summed E-state index contributed by atoms with van der Waals surface area (Å²) in [5.41, 5.74) is -1.82. The lowest BCUT2D eigenvalue weighted by atomic mass is 10.0. The van der Waals surface area contributed by atoms with Crippen LogP contribution in [0.5, 0.6) is 0 Å². The Kier molecular flexibility index (Phi) is 7.17. The Bertz CT molecular complexity index is 1390. The van der Waals surface area contributed by atoms with Crippen LogP contribution in [-0.4, -0.2) is 52.7 Å². The molecule has 4 rings (SSSR count). The van der Waals surface area contributed by atoms with E-state index in [1.807, 2.05) is 19.0 Å². The molecule has 0 spiro atoms. The molecule has 196 valence electrons. The summed E-state index contributed by atoms with van der Waals surface area (Å²) in [6.07, 6.45) is -6.73. The normalized spacial score (nSPS) is 16.1. The van der Waals surface area contributed by atoms with E-state index in [2.05, 4.69) is 0 Å². The Labute approximate surface area is 212 Å². The van der Waals surface area contributed by atoms with Crippen LogP contribution in [0.25, 0.3) is 17.0 Å². The van der Waals surface area contributed by atoms with E-state index in [-0.39, 0.29) is 34.9 Å². The lowest BCUT2D eigenvalue weighted by molar-refractivity contribution is -0.143. The van der Waals surface area contributed by atoms with Gasteiger partial charge < -0.3 is 9.47 Å². The molecule has 3 aromatic rings. The van der Waals surface area contributed by atoms with Crippen LogP contribution in [0.2, 0.25) is 0 Å². The van der Waals surface area contributed by atoms with Crippen molar-refractivity contribution in [1.82, 2.24) is 14.4 Å². The molecule has 0 unspecified atom stereocenters. The molecule has 5 nitrogen and oxygen atoms in total. The Hall–Kier alpha value is -3.25. The fraction of sp³-hybridized carbons (Fsp3) is 0.280. The van der Waals surface area contributed by atoms with Crippen molar-refractivity contribution in [1.29, 1.82) is 0 Å². The number of nitrogens with zero attached hydrogens (tertiary/aromatic N) is 3. The Morgan fingerprint density at radius 2 is 1.68 bits per heavy atom. The number of amides is 2. The summed E-state index contributed by atoms with van der Waals surface area (Å²) in [5.74, 6) is -0.392. The van der Waals surface area contributed by atoms with Gasteiger partial charge in [-0.3, -0.25) is 14.5 Å². The smallest absolute Gasteiger partial charge is 0.343 e. The number of rotatable bonds is 6. The fourth-order valence-electron chi connectivity index (χ4n) is 3.93. The summed E-state index contributed by atoms with van der Waals surface area (Å²) in [5, 5.41) is 0.295. The van der Waals surface area contributed by atoms with Gasteiger partial charge in [0.25, 0.3) is 11.1 Å². The van der Waals surface area contributed by atoms with Gasteiger partial charge in [-0.25, -0.2) is 0 Å². The lowest BCUT2D eigenvalue weighted by Gasteiger charge is -2.17. The number of alkyl halides is 6. The van der Waals surface area contributed by atoms with Crippen LogP contribution in [0.4, 0.5) is 31.1 Å². The van der Waals surface area contributed by atoms with E-state index in [4.69, 9.17) is 0 Å². The zero-order chi connectivity index (χ0) is 27.1. The molecule has 0 N–H and O–H groups in total. The summed E-state index contributed by atoms with van der Waals surface area (Å²) in [6.45, 7) is 0.501. The van der Waals surface area contributed by atoms with Crippen molar-refractivity contribution in [2.75, 3.05) is 27.2 Å². The van der Waals surface area contributed by atoms with E-state index in [0.29, 0.717) is 29.1 Å². The van der Waals surface area contributed by atoms with Crippen LogP contribution in [0.15, 0.2) is 53.6 Å². The number of benzene rings is 2. The van der Waals surface area contributed by atoms with E-state index >= 15 is 0 Å². The molecule has 1 aliphatic heterocycles. The topological polar surface area (TPSA) is 45.5 Å². The molecule has 1 saturated heterocycles. The summed E-state index contributed by atoms with van der Waals surface area (Å²) in [4.78, 5) is 28.2. The van der Waals surface area contributed by atoms with E-state index in [9.17, 15) is 35.9 Å². The van der Waals surface area contributed by atoms with Gasteiger partial charge in [-0.05, 0) is 73.4 Å². The number of likely N-dealkylation sites (N-methyl/N-ethyl adjacent to an activating group) is 1. The van der Waals surface area contributed by atoms with E-state index in [0.717, 1.165) is 17.8 Å². The molecular weight excluding hydrogens is 520 g/mol. The van der Waals surface area contributed by atoms with Gasteiger partial charge in [-0.15, -0.1) is 0 Å². The molecule has 0 aliphatic carbocycles. The maximum Gasteiger partial charge on any atom is 0.416 e. The van der Waals surface area contributed by atoms with Gasteiger partial charge in [-0.2, -0.15) is 26.3 Å². The molecule has 1 aliphatic rings. The Morgan fingerprint density at radius 3 is 2.32 bits per heavy atom. The predicted molar refractivity (Wildman–Crippen MR) is 129 cm³/mol. The lowest BCUT2D eigenvalue weighted by Crippen LogP contribution is -2.34. The molecule has 0 atom stereocenters. The third-order valence-corrected chi connectivity index (χ3v) is 6.73. The van der Waals surface area contributed by atoms with Crippen LogP contribution in [0, 0.1) is 0 Å². The third-order valence-electron chi connectivity index (χ3n) is 5.82.